The molecule has 0 saturated carbocycles. The summed E-state index contributed by atoms with van der Waals surface area (Å²) in [5.74, 6) is -0.0708. The fourth-order valence-corrected chi connectivity index (χ4v) is 5.37. The number of Topliss-reactive ketones (excluding diaryl/α,β-unsaturated/α-hetero) is 1. The van der Waals surface area contributed by atoms with Crippen LogP contribution in [-0.4, -0.2) is 17.4 Å². The summed E-state index contributed by atoms with van der Waals surface area (Å²) in [5.41, 5.74) is 7.35. The first-order chi connectivity index (χ1) is 16.5. The molecule has 0 atom stereocenters. The average molecular weight is 529 g/mol. The van der Waals surface area contributed by atoms with Gasteiger partial charge in [-0.15, -0.1) is 11.3 Å². The lowest BCUT2D eigenvalue weighted by atomic mass is 9.97. The number of amides is 1. The van der Waals surface area contributed by atoms with Crippen LogP contribution in [0.3, 0.4) is 0 Å². The normalized spacial score (nSPS) is 12.2. The predicted octanol–water partition coefficient (Wildman–Crippen LogP) is 6.85. The Labute approximate surface area is 210 Å². The topological polar surface area (TPSA) is 58.5 Å². The minimum absolute atomic E-state index is 0.120. The zero-order valence-corrected chi connectivity index (χ0v) is 20.9. The lowest BCUT2D eigenvalue weighted by Gasteiger charge is -2.09. The highest BCUT2D eigenvalue weighted by atomic mass is 79.9. The van der Waals surface area contributed by atoms with Crippen LogP contribution in [0.2, 0.25) is 0 Å². The molecule has 1 aliphatic rings. The number of fused-ring (bicyclic) bond motifs is 1. The summed E-state index contributed by atoms with van der Waals surface area (Å²) in [6.07, 6.45) is 0.380. The molecule has 0 spiro atoms. The second kappa shape index (κ2) is 9.49. The summed E-state index contributed by atoms with van der Waals surface area (Å²) < 4.78 is 0.961. The quantitative estimate of drug-likeness (QED) is 0.278. The number of nitrogens with one attached hydrogen (secondary N) is 1. The average Bonchev–Trinajstić information content (AvgIpc) is 3.45. The summed E-state index contributed by atoms with van der Waals surface area (Å²) in [5, 5.41) is 2.95. The molecule has 1 amide bonds. The van der Waals surface area contributed by atoms with Gasteiger partial charge in [-0.1, -0.05) is 48.5 Å². The molecule has 0 aliphatic carbocycles. The zero-order valence-electron chi connectivity index (χ0n) is 18.5. The number of aryl methyl sites for hydroxylation is 1. The molecule has 4 aromatic rings. The zero-order chi connectivity index (χ0) is 23.7. The van der Waals surface area contributed by atoms with E-state index in [1.807, 2.05) is 79.7 Å². The molecule has 1 aromatic heterocycles. The van der Waals surface area contributed by atoms with Crippen LogP contribution < -0.4 is 5.32 Å². The number of carbonyl (C=O) groups excluding carboxylic acids is 2. The Kier molecular flexibility index (Phi) is 6.26. The van der Waals surface area contributed by atoms with E-state index in [1.54, 1.807) is 0 Å². The highest BCUT2D eigenvalue weighted by Gasteiger charge is 2.23. The summed E-state index contributed by atoms with van der Waals surface area (Å²) in [6, 6.07) is 25.6. The molecule has 1 N–H and O–H groups in total. The van der Waals surface area contributed by atoms with Gasteiger partial charge in [0.15, 0.2) is 5.78 Å². The van der Waals surface area contributed by atoms with E-state index >= 15 is 0 Å². The van der Waals surface area contributed by atoms with E-state index in [4.69, 9.17) is 0 Å². The molecular formula is C28H21BrN2O2S. The number of hydrogen-bond acceptors (Lipinski definition) is 4. The number of aliphatic imine (C=N–C) groups is 1. The van der Waals surface area contributed by atoms with Gasteiger partial charge < -0.3 is 5.32 Å². The van der Waals surface area contributed by atoms with Crippen LogP contribution in [0.1, 0.15) is 31.9 Å². The monoisotopic (exact) mass is 528 g/mol. The molecule has 0 unspecified atom stereocenters. The second-order valence-corrected chi connectivity index (χ2v) is 10.7. The van der Waals surface area contributed by atoms with Crippen molar-refractivity contribution in [2.24, 2.45) is 4.99 Å². The third-order valence-corrected chi connectivity index (χ3v) is 7.42. The summed E-state index contributed by atoms with van der Waals surface area (Å²) >= 11 is 4.86. The number of ketones is 1. The Bertz CT molecular complexity index is 1440. The maximum Gasteiger partial charge on any atom is 0.274 e. The van der Waals surface area contributed by atoms with Gasteiger partial charge in [-0.05, 0) is 81.0 Å². The summed E-state index contributed by atoms with van der Waals surface area (Å²) in [6.45, 7) is 2.48. The van der Waals surface area contributed by atoms with Gasteiger partial charge in [0.2, 0.25) is 0 Å². The van der Waals surface area contributed by atoms with Crippen molar-refractivity contribution in [2.45, 2.75) is 19.9 Å². The molecule has 4 nitrogen and oxygen atoms in total. The minimum atomic E-state index is -0.191. The van der Waals surface area contributed by atoms with Crippen molar-refractivity contribution in [1.29, 1.82) is 0 Å². The number of benzene rings is 3. The lowest BCUT2D eigenvalue weighted by Crippen LogP contribution is -2.22. The first kappa shape index (κ1) is 22.4. The number of halogens is 1. The van der Waals surface area contributed by atoms with Crippen molar-refractivity contribution in [3.63, 3.8) is 0 Å². The van der Waals surface area contributed by atoms with Gasteiger partial charge in [0.25, 0.3) is 5.91 Å². The first-order valence-electron chi connectivity index (χ1n) is 10.9. The van der Waals surface area contributed by atoms with Crippen LogP contribution in [0.25, 0.3) is 11.1 Å². The molecular weight excluding hydrogens is 508 g/mol. The first-order valence-corrected chi connectivity index (χ1v) is 12.5. The smallest absolute Gasteiger partial charge is 0.274 e. The van der Waals surface area contributed by atoms with E-state index in [9.17, 15) is 9.59 Å². The van der Waals surface area contributed by atoms with Gasteiger partial charge in [0, 0.05) is 17.7 Å². The van der Waals surface area contributed by atoms with Gasteiger partial charge in [-0.25, -0.2) is 0 Å². The van der Waals surface area contributed by atoms with Crippen LogP contribution in [0.5, 0.6) is 0 Å². The van der Waals surface area contributed by atoms with E-state index < -0.39 is 0 Å². The van der Waals surface area contributed by atoms with Crippen LogP contribution in [0.4, 0.5) is 5.69 Å². The number of nitrogens with zero attached hydrogens (tertiary/aromatic N) is 1. The van der Waals surface area contributed by atoms with E-state index in [2.05, 4.69) is 32.3 Å². The molecule has 0 saturated heterocycles. The van der Waals surface area contributed by atoms with Gasteiger partial charge in [0.1, 0.15) is 5.71 Å². The van der Waals surface area contributed by atoms with Crippen LogP contribution >= 0.6 is 27.3 Å². The summed E-state index contributed by atoms with van der Waals surface area (Å²) in [7, 11) is 0. The van der Waals surface area contributed by atoms with Crippen LogP contribution in [-0.2, 0) is 17.8 Å². The van der Waals surface area contributed by atoms with Crippen LogP contribution in [0.15, 0.2) is 87.6 Å². The molecule has 0 radical (unpaired) electrons. The number of carbonyl (C=O) groups is 2. The molecule has 0 bridgehead atoms. The Balaban J connectivity index is 1.28. The minimum Gasteiger partial charge on any atom is -0.321 e. The van der Waals surface area contributed by atoms with Crippen molar-refractivity contribution in [2.75, 3.05) is 5.32 Å². The van der Waals surface area contributed by atoms with E-state index in [-0.39, 0.29) is 11.7 Å². The highest BCUT2D eigenvalue weighted by molar-refractivity contribution is 9.11. The largest absolute Gasteiger partial charge is 0.321 e. The Morgan fingerprint density at radius 2 is 1.76 bits per heavy atom. The molecule has 1 aliphatic heterocycles. The van der Waals surface area contributed by atoms with Crippen molar-refractivity contribution in [3.05, 3.63) is 110 Å². The standard InChI is InChI=1S/C28H21BrN2O2S/c1-17-3-2-4-22(13-17)31-28(33)27-23-10-9-20(15-21(23)16-30-27)19-7-5-18(6-8-19)14-24(32)25-11-12-26(29)34-25/h2-13,15H,14,16H2,1H3,(H,31,33). The van der Waals surface area contributed by atoms with Crippen molar-refractivity contribution in [1.82, 2.24) is 0 Å². The maximum atomic E-state index is 12.8. The molecule has 5 rings (SSSR count). The van der Waals surface area contributed by atoms with Gasteiger partial charge in [0.05, 0.1) is 15.2 Å². The highest BCUT2D eigenvalue weighted by Crippen LogP contribution is 2.28. The molecule has 3 aromatic carbocycles. The maximum absolute atomic E-state index is 12.8. The molecule has 0 fully saturated rings. The van der Waals surface area contributed by atoms with Crippen molar-refractivity contribution in [3.8, 4) is 11.1 Å². The summed E-state index contributed by atoms with van der Waals surface area (Å²) in [4.78, 5) is 30.5. The van der Waals surface area contributed by atoms with Gasteiger partial charge in [-0.3, -0.25) is 14.6 Å². The predicted molar refractivity (Wildman–Crippen MR) is 142 cm³/mol. The number of rotatable bonds is 6. The number of hydrogen-bond donors (Lipinski definition) is 1. The van der Waals surface area contributed by atoms with E-state index in [0.29, 0.717) is 18.7 Å². The molecule has 6 heteroatoms. The SMILES string of the molecule is Cc1cccc(NC(=O)C2=NCc3cc(-c4ccc(CC(=O)c5ccc(Br)s5)cc4)ccc32)c1. The molecule has 168 valence electrons. The van der Waals surface area contributed by atoms with E-state index in [1.165, 1.54) is 11.3 Å². The number of thiophene rings is 1. The van der Waals surface area contributed by atoms with Crippen molar-refractivity contribution >= 4 is 50.4 Å². The molecule has 34 heavy (non-hydrogen) atoms. The Hall–Kier alpha value is -3.35. The third-order valence-electron chi connectivity index (χ3n) is 5.76. The number of anilines is 1. The van der Waals surface area contributed by atoms with Crippen LogP contribution in [0, 0.1) is 6.92 Å². The fraction of sp³-hybridized carbons (Fsp3) is 0.107. The Morgan fingerprint density at radius 3 is 2.50 bits per heavy atom. The van der Waals surface area contributed by atoms with Gasteiger partial charge in [-0.2, -0.15) is 0 Å². The molecule has 2 heterocycles. The van der Waals surface area contributed by atoms with Gasteiger partial charge >= 0.3 is 0 Å². The van der Waals surface area contributed by atoms with E-state index in [0.717, 1.165) is 47.7 Å². The second-order valence-electron chi connectivity index (χ2n) is 8.26. The third kappa shape index (κ3) is 4.79. The Morgan fingerprint density at radius 1 is 0.971 bits per heavy atom. The lowest BCUT2D eigenvalue weighted by molar-refractivity contribution is -0.110. The van der Waals surface area contributed by atoms with Crippen molar-refractivity contribution < 1.29 is 9.59 Å². The fourth-order valence-electron chi connectivity index (χ4n) is 4.04.